The Balaban J connectivity index is 1.55. The Morgan fingerprint density at radius 2 is 1.93 bits per heavy atom. The molecular weight excluding hydrogens is 386 g/mol. The lowest BCUT2D eigenvalue weighted by atomic mass is 9.97. The van der Waals surface area contributed by atoms with E-state index >= 15 is 0 Å². The quantitative estimate of drug-likeness (QED) is 0.736. The average molecular weight is 415 g/mol. The van der Waals surface area contributed by atoms with Crippen LogP contribution in [0.2, 0.25) is 0 Å². The Kier molecular flexibility index (Phi) is 5.29. The third-order valence-corrected chi connectivity index (χ3v) is 5.64. The number of aromatic amines is 1. The van der Waals surface area contributed by atoms with Crippen molar-refractivity contribution in [1.82, 2.24) is 19.9 Å². The largest absolute Gasteiger partial charge is 0.462 e. The number of hydrogen-bond donors (Lipinski definition) is 2. The average Bonchev–Trinajstić information content (AvgIpc) is 3.23. The summed E-state index contributed by atoms with van der Waals surface area (Å²) in [5.74, 6) is -0.418. The Hall–Kier alpha value is -2.84. The molecule has 0 radical (unpaired) electrons. The number of fused-ring (bicyclic) bond motifs is 3. The Morgan fingerprint density at radius 3 is 2.57 bits per heavy atom. The minimum atomic E-state index is -0.510. The van der Waals surface area contributed by atoms with Crippen LogP contribution >= 0.6 is 0 Å². The van der Waals surface area contributed by atoms with Crippen LogP contribution in [0, 0.1) is 0 Å². The van der Waals surface area contributed by atoms with Gasteiger partial charge in [0.15, 0.2) is 5.65 Å². The molecule has 1 unspecified atom stereocenters. The van der Waals surface area contributed by atoms with Crippen LogP contribution in [0.3, 0.4) is 0 Å². The Bertz CT molecular complexity index is 937. The van der Waals surface area contributed by atoms with Crippen molar-refractivity contribution in [2.75, 3.05) is 11.9 Å². The van der Waals surface area contributed by atoms with Crippen LogP contribution in [0.25, 0.3) is 11.2 Å². The predicted molar refractivity (Wildman–Crippen MR) is 111 cm³/mol. The molecule has 1 amide bonds. The van der Waals surface area contributed by atoms with Gasteiger partial charge in [0, 0.05) is 24.3 Å². The number of imidazole rings is 1. The molecule has 9 heteroatoms. The summed E-state index contributed by atoms with van der Waals surface area (Å²) in [4.78, 5) is 38.6. The van der Waals surface area contributed by atoms with Gasteiger partial charge in [-0.15, -0.1) is 0 Å². The number of carbonyl (C=O) groups excluding carboxylic acids is 2. The van der Waals surface area contributed by atoms with Crippen LogP contribution in [0.15, 0.2) is 12.5 Å². The van der Waals surface area contributed by atoms with Gasteiger partial charge in [0.05, 0.1) is 18.6 Å². The fourth-order valence-corrected chi connectivity index (χ4v) is 4.52. The summed E-state index contributed by atoms with van der Waals surface area (Å²) in [6.07, 6.45) is 6.33. The zero-order valence-corrected chi connectivity index (χ0v) is 17.9. The molecule has 0 saturated carbocycles. The monoisotopic (exact) mass is 415 g/mol. The SMILES string of the molecule is CCOC(=O)c1cnc2nc[nH]c2c1NC1C[C@H]2CC[C@@H](C1)N2C(=O)OC(C)(C)C. The second-order valence-corrected chi connectivity index (χ2v) is 8.95. The maximum absolute atomic E-state index is 12.7. The third kappa shape index (κ3) is 3.93. The van der Waals surface area contributed by atoms with E-state index in [2.05, 4.69) is 20.3 Å². The number of amides is 1. The number of pyridine rings is 1. The van der Waals surface area contributed by atoms with Gasteiger partial charge in [-0.25, -0.2) is 19.6 Å². The van der Waals surface area contributed by atoms with Crippen molar-refractivity contribution < 1.29 is 19.1 Å². The molecule has 4 heterocycles. The maximum atomic E-state index is 12.7. The molecule has 0 spiro atoms. The molecule has 0 aromatic carbocycles. The highest BCUT2D eigenvalue weighted by molar-refractivity contribution is 6.02. The lowest BCUT2D eigenvalue weighted by Gasteiger charge is -2.40. The molecule has 4 rings (SSSR count). The first-order valence-electron chi connectivity index (χ1n) is 10.5. The van der Waals surface area contributed by atoms with Gasteiger partial charge in [-0.1, -0.05) is 0 Å². The van der Waals surface area contributed by atoms with E-state index in [9.17, 15) is 9.59 Å². The maximum Gasteiger partial charge on any atom is 0.410 e. The van der Waals surface area contributed by atoms with Gasteiger partial charge in [0.1, 0.15) is 16.7 Å². The minimum Gasteiger partial charge on any atom is -0.462 e. The highest BCUT2D eigenvalue weighted by Gasteiger charge is 2.45. The lowest BCUT2D eigenvalue weighted by Crippen LogP contribution is -2.51. The molecular formula is C21H29N5O4. The van der Waals surface area contributed by atoms with Crippen LogP contribution in [0.5, 0.6) is 0 Å². The highest BCUT2D eigenvalue weighted by Crippen LogP contribution is 2.38. The molecule has 2 N–H and O–H groups in total. The first kappa shape index (κ1) is 20.4. The number of esters is 1. The fraction of sp³-hybridized carbons (Fsp3) is 0.619. The topological polar surface area (TPSA) is 109 Å². The van der Waals surface area contributed by atoms with E-state index in [0.29, 0.717) is 22.4 Å². The van der Waals surface area contributed by atoms with Gasteiger partial charge in [-0.3, -0.25) is 0 Å². The number of aromatic nitrogens is 3. The number of piperidine rings is 1. The molecule has 3 atom stereocenters. The number of anilines is 1. The third-order valence-electron chi connectivity index (χ3n) is 5.64. The molecule has 2 aliphatic heterocycles. The van der Waals surface area contributed by atoms with Crippen LogP contribution in [-0.4, -0.2) is 62.2 Å². The lowest BCUT2D eigenvalue weighted by molar-refractivity contribution is 0.00683. The Labute approximate surface area is 175 Å². The van der Waals surface area contributed by atoms with Gasteiger partial charge >= 0.3 is 12.1 Å². The number of H-pyrrole nitrogens is 1. The first-order valence-corrected chi connectivity index (χ1v) is 10.5. The van der Waals surface area contributed by atoms with Crippen molar-refractivity contribution in [2.45, 2.75) is 77.1 Å². The molecule has 2 aromatic heterocycles. The molecule has 2 bridgehead atoms. The summed E-state index contributed by atoms with van der Waals surface area (Å²) in [5, 5.41) is 3.54. The number of ether oxygens (including phenoxy) is 2. The van der Waals surface area contributed by atoms with Crippen molar-refractivity contribution in [1.29, 1.82) is 0 Å². The molecule has 2 aromatic rings. The summed E-state index contributed by atoms with van der Waals surface area (Å²) < 4.78 is 10.8. The van der Waals surface area contributed by atoms with Crippen molar-refractivity contribution in [3.63, 3.8) is 0 Å². The summed E-state index contributed by atoms with van der Waals surface area (Å²) in [7, 11) is 0. The van der Waals surface area contributed by atoms with Gasteiger partial charge in [-0.2, -0.15) is 0 Å². The van der Waals surface area contributed by atoms with Crippen molar-refractivity contribution in [3.05, 3.63) is 18.1 Å². The molecule has 162 valence electrons. The number of rotatable bonds is 4. The number of nitrogens with zero attached hydrogens (tertiary/aromatic N) is 3. The van der Waals surface area contributed by atoms with Gasteiger partial charge in [-0.05, 0) is 53.4 Å². The van der Waals surface area contributed by atoms with Crippen LogP contribution in [0.4, 0.5) is 10.5 Å². The summed E-state index contributed by atoms with van der Waals surface area (Å²) in [6.45, 7) is 7.72. The molecule has 0 aliphatic carbocycles. The first-order chi connectivity index (χ1) is 14.3. The fourth-order valence-electron chi connectivity index (χ4n) is 4.52. The van der Waals surface area contributed by atoms with E-state index in [1.54, 1.807) is 13.3 Å². The van der Waals surface area contributed by atoms with Crippen molar-refractivity contribution >= 4 is 28.9 Å². The summed E-state index contributed by atoms with van der Waals surface area (Å²) in [5.41, 5.74) is 1.76. The second kappa shape index (κ2) is 7.77. The number of carbonyl (C=O) groups is 2. The second-order valence-electron chi connectivity index (χ2n) is 8.95. The van der Waals surface area contributed by atoms with E-state index in [1.165, 1.54) is 6.20 Å². The Morgan fingerprint density at radius 1 is 1.23 bits per heavy atom. The minimum absolute atomic E-state index is 0.114. The van der Waals surface area contributed by atoms with Gasteiger partial charge < -0.3 is 24.7 Å². The number of nitrogens with one attached hydrogen (secondary N) is 2. The molecule has 30 heavy (non-hydrogen) atoms. The van der Waals surface area contributed by atoms with E-state index < -0.39 is 11.6 Å². The van der Waals surface area contributed by atoms with Crippen molar-refractivity contribution in [2.24, 2.45) is 0 Å². The van der Waals surface area contributed by atoms with Crippen LogP contribution in [0.1, 0.15) is 63.7 Å². The van der Waals surface area contributed by atoms with E-state index in [-0.39, 0.29) is 30.8 Å². The molecule has 2 saturated heterocycles. The number of hydrogen-bond acceptors (Lipinski definition) is 7. The van der Waals surface area contributed by atoms with Crippen LogP contribution in [-0.2, 0) is 9.47 Å². The van der Waals surface area contributed by atoms with Gasteiger partial charge in [0.2, 0.25) is 0 Å². The molecule has 9 nitrogen and oxygen atoms in total. The summed E-state index contributed by atoms with van der Waals surface area (Å²) >= 11 is 0. The standard InChI is InChI=1S/C21H29N5O4/c1-5-29-19(27)15-10-22-18-17(23-11-24-18)16(15)25-12-8-13-6-7-14(9-12)26(13)20(28)30-21(2,3)4/h10-14H,5-9H2,1-4H3,(H2,22,23,24,25)/t12?,13-,14+. The zero-order chi connectivity index (χ0) is 21.5. The highest BCUT2D eigenvalue weighted by atomic mass is 16.6. The normalized spacial score (nSPS) is 23.5. The molecule has 2 fully saturated rings. The predicted octanol–water partition coefficient (Wildman–Crippen LogP) is 3.48. The smallest absolute Gasteiger partial charge is 0.410 e. The summed E-state index contributed by atoms with van der Waals surface area (Å²) in [6, 6.07) is 0.366. The van der Waals surface area contributed by atoms with Crippen molar-refractivity contribution in [3.8, 4) is 0 Å². The van der Waals surface area contributed by atoms with E-state index in [1.807, 2.05) is 25.7 Å². The van der Waals surface area contributed by atoms with Crippen LogP contribution < -0.4 is 5.32 Å². The van der Waals surface area contributed by atoms with E-state index in [0.717, 1.165) is 25.7 Å². The van der Waals surface area contributed by atoms with E-state index in [4.69, 9.17) is 9.47 Å². The zero-order valence-electron chi connectivity index (χ0n) is 17.9. The van der Waals surface area contributed by atoms with Gasteiger partial charge in [0.25, 0.3) is 0 Å². The molecule has 2 aliphatic rings.